The fourth-order valence-corrected chi connectivity index (χ4v) is 0.867. The van der Waals surface area contributed by atoms with Crippen molar-refractivity contribution in [3.8, 4) is 0 Å². The molecule has 3 N–H and O–H groups in total. The third-order valence-corrected chi connectivity index (χ3v) is 1.49. The van der Waals surface area contributed by atoms with Gasteiger partial charge in [0.2, 0.25) is 5.79 Å². The number of rotatable bonds is 1. The fraction of sp³-hybridized carbons (Fsp3) is 0.750. The first kappa shape index (κ1) is 15.7. The average molecular weight is 259 g/mol. The Bertz CT molecular complexity index is 302. The lowest BCUT2D eigenvalue weighted by atomic mass is 10.4. The quantitative estimate of drug-likeness (QED) is 0.655. The number of hydrogen-bond acceptors (Lipinski definition) is 5. The molecule has 0 aromatic rings. The number of halogens is 3. The third kappa shape index (κ3) is 5.50. The minimum Gasteiger partial charge on any atom is -0.475 e. The molecule has 100 valence electrons. The summed E-state index contributed by atoms with van der Waals surface area (Å²) in [5.74, 6) is -3.92. The zero-order valence-electron chi connectivity index (χ0n) is 9.08. The van der Waals surface area contributed by atoms with Crippen molar-refractivity contribution in [1.82, 2.24) is 0 Å². The smallest absolute Gasteiger partial charge is 0.475 e. The summed E-state index contributed by atoms with van der Waals surface area (Å²) in [5, 5.41) is 7.12. The lowest BCUT2D eigenvalue weighted by Crippen LogP contribution is -2.27. The predicted octanol–water partition coefficient (Wildman–Crippen LogP) is 0.257. The number of alkyl halides is 3. The molecule has 0 amide bonds. The van der Waals surface area contributed by atoms with Gasteiger partial charge in [0.15, 0.2) is 6.10 Å². The number of hydrogen-bond donors (Lipinski definition) is 2. The number of carbonyl (C=O) groups is 2. The first-order valence-corrected chi connectivity index (χ1v) is 4.40. The van der Waals surface area contributed by atoms with Crippen LogP contribution < -0.4 is 5.73 Å². The molecule has 0 saturated carbocycles. The van der Waals surface area contributed by atoms with Gasteiger partial charge in [0, 0.05) is 20.4 Å². The van der Waals surface area contributed by atoms with E-state index in [1.54, 1.807) is 13.8 Å². The van der Waals surface area contributed by atoms with Crippen molar-refractivity contribution >= 4 is 11.9 Å². The van der Waals surface area contributed by atoms with E-state index in [-0.39, 0.29) is 12.5 Å². The van der Waals surface area contributed by atoms with Gasteiger partial charge in [-0.2, -0.15) is 13.2 Å². The molecule has 6 nitrogen and oxygen atoms in total. The van der Waals surface area contributed by atoms with E-state index in [1.165, 1.54) is 0 Å². The first-order valence-electron chi connectivity index (χ1n) is 4.40. The van der Waals surface area contributed by atoms with Crippen molar-refractivity contribution in [2.75, 3.05) is 6.54 Å². The molecule has 17 heavy (non-hydrogen) atoms. The standard InChI is InChI=1S/C6H11NO3.C2HF3O2/c1-6(2)9-4(3-7)5(8)10-6;3-2(4,5)1(6)7/h4H,3,7H2,1-2H3;(H,6,7). The molecular weight excluding hydrogens is 247 g/mol. The molecule has 0 spiro atoms. The summed E-state index contributed by atoms with van der Waals surface area (Å²) in [4.78, 5) is 19.7. The lowest BCUT2D eigenvalue weighted by Gasteiger charge is -2.14. The Morgan fingerprint density at radius 2 is 1.94 bits per heavy atom. The minimum absolute atomic E-state index is 0.183. The van der Waals surface area contributed by atoms with E-state index in [0.717, 1.165) is 0 Å². The molecule has 9 heteroatoms. The summed E-state index contributed by atoms with van der Waals surface area (Å²) < 4.78 is 41.7. The molecule has 0 radical (unpaired) electrons. The Balaban J connectivity index is 0.000000325. The minimum atomic E-state index is -5.08. The summed E-state index contributed by atoms with van der Waals surface area (Å²) >= 11 is 0. The van der Waals surface area contributed by atoms with Gasteiger partial charge in [0.25, 0.3) is 0 Å². The second-order valence-electron chi connectivity index (χ2n) is 3.47. The van der Waals surface area contributed by atoms with E-state index in [0.29, 0.717) is 0 Å². The second kappa shape index (κ2) is 5.32. The maximum absolute atomic E-state index is 10.8. The van der Waals surface area contributed by atoms with E-state index >= 15 is 0 Å². The van der Waals surface area contributed by atoms with Crippen LogP contribution >= 0.6 is 0 Å². The number of carboxylic acid groups (broad SMARTS) is 1. The number of nitrogens with two attached hydrogens (primary N) is 1. The first-order chi connectivity index (χ1) is 7.49. The maximum Gasteiger partial charge on any atom is 0.490 e. The van der Waals surface area contributed by atoms with E-state index in [4.69, 9.17) is 25.1 Å². The molecule has 0 aromatic carbocycles. The summed E-state index contributed by atoms with van der Waals surface area (Å²) in [5.41, 5.74) is 5.22. The average Bonchev–Trinajstić information content (AvgIpc) is 2.38. The summed E-state index contributed by atoms with van der Waals surface area (Å²) in [6.07, 6.45) is -5.66. The third-order valence-electron chi connectivity index (χ3n) is 1.49. The highest BCUT2D eigenvalue weighted by Gasteiger charge is 2.40. The van der Waals surface area contributed by atoms with Crippen molar-refractivity contribution in [1.29, 1.82) is 0 Å². The van der Waals surface area contributed by atoms with Gasteiger partial charge in [-0.3, -0.25) is 0 Å². The Kier molecular flexibility index (Phi) is 4.90. The lowest BCUT2D eigenvalue weighted by molar-refractivity contribution is -0.192. The monoisotopic (exact) mass is 259 g/mol. The van der Waals surface area contributed by atoms with Crippen LogP contribution in [0.2, 0.25) is 0 Å². The van der Waals surface area contributed by atoms with Crippen LogP contribution in [0.25, 0.3) is 0 Å². The Morgan fingerprint density at radius 3 is 2.06 bits per heavy atom. The van der Waals surface area contributed by atoms with Crippen molar-refractivity contribution in [3.05, 3.63) is 0 Å². The van der Waals surface area contributed by atoms with Gasteiger partial charge in [-0.05, 0) is 0 Å². The number of carboxylic acids is 1. The molecule has 1 fully saturated rings. The van der Waals surface area contributed by atoms with Crippen LogP contribution in [0, 0.1) is 0 Å². The van der Waals surface area contributed by atoms with E-state index in [2.05, 4.69) is 0 Å². The molecule has 1 saturated heterocycles. The largest absolute Gasteiger partial charge is 0.490 e. The number of cyclic esters (lactones) is 1. The second-order valence-corrected chi connectivity index (χ2v) is 3.47. The molecule has 0 aliphatic carbocycles. The van der Waals surface area contributed by atoms with Gasteiger partial charge in [-0.1, -0.05) is 0 Å². The highest BCUT2D eigenvalue weighted by molar-refractivity contribution is 5.76. The molecule has 1 atom stereocenters. The van der Waals surface area contributed by atoms with E-state index in [9.17, 15) is 18.0 Å². The van der Waals surface area contributed by atoms with Crippen LogP contribution in [0.15, 0.2) is 0 Å². The van der Waals surface area contributed by atoms with Gasteiger partial charge >= 0.3 is 18.1 Å². The zero-order chi connectivity index (χ0) is 13.9. The van der Waals surface area contributed by atoms with Crippen molar-refractivity contribution in [2.45, 2.75) is 31.9 Å². The normalized spacial score (nSPS) is 22.5. The molecule has 1 aliphatic rings. The molecule has 1 rings (SSSR count). The van der Waals surface area contributed by atoms with Crippen LogP contribution in [-0.4, -0.2) is 41.7 Å². The fourth-order valence-electron chi connectivity index (χ4n) is 0.867. The Morgan fingerprint density at radius 1 is 1.53 bits per heavy atom. The number of carbonyl (C=O) groups excluding carboxylic acids is 1. The molecule has 1 aliphatic heterocycles. The highest BCUT2D eigenvalue weighted by Crippen LogP contribution is 2.22. The molecular formula is C8H12F3NO5. The van der Waals surface area contributed by atoms with Crippen LogP contribution in [0.4, 0.5) is 13.2 Å². The van der Waals surface area contributed by atoms with Crippen LogP contribution in [-0.2, 0) is 19.1 Å². The summed E-state index contributed by atoms with van der Waals surface area (Å²) in [6.45, 7) is 3.55. The zero-order valence-corrected chi connectivity index (χ0v) is 9.08. The maximum atomic E-state index is 10.8. The van der Waals surface area contributed by atoms with E-state index < -0.39 is 24.0 Å². The van der Waals surface area contributed by atoms with E-state index in [1.807, 2.05) is 0 Å². The Hall–Kier alpha value is -1.35. The van der Waals surface area contributed by atoms with Crippen molar-refractivity contribution < 1.29 is 37.3 Å². The molecule has 0 bridgehead atoms. The van der Waals surface area contributed by atoms with Crippen LogP contribution in [0.5, 0.6) is 0 Å². The van der Waals surface area contributed by atoms with Gasteiger partial charge in [0.05, 0.1) is 0 Å². The molecule has 1 heterocycles. The molecule has 1 unspecified atom stereocenters. The number of esters is 1. The SMILES string of the molecule is CC1(C)OC(=O)C(CN)O1.O=C(O)C(F)(F)F. The predicted molar refractivity (Wildman–Crippen MR) is 47.8 cm³/mol. The number of ether oxygens (including phenoxy) is 2. The summed E-state index contributed by atoms with van der Waals surface area (Å²) in [6, 6.07) is 0. The van der Waals surface area contributed by atoms with Crippen LogP contribution in [0.3, 0.4) is 0 Å². The van der Waals surface area contributed by atoms with Crippen molar-refractivity contribution in [3.63, 3.8) is 0 Å². The van der Waals surface area contributed by atoms with Gasteiger partial charge in [-0.25, -0.2) is 9.59 Å². The van der Waals surface area contributed by atoms with Crippen molar-refractivity contribution in [2.24, 2.45) is 5.73 Å². The summed E-state index contributed by atoms with van der Waals surface area (Å²) in [7, 11) is 0. The van der Waals surface area contributed by atoms with Crippen LogP contribution in [0.1, 0.15) is 13.8 Å². The molecule has 0 aromatic heterocycles. The topological polar surface area (TPSA) is 98.9 Å². The highest BCUT2D eigenvalue weighted by atomic mass is 19.4. The van der Waals surface area contributed by atoms with Gasteiger partial charge in [-0.15, -0.1) is 0 Å². The van der Waals surface area contributed by atoms with Gasteiger partial charge < -0.3 is 20.3 Å². The number of aliphatic carboxylic acids is 1. The van der Waals surface area contributed by atoms with Gasteiger partial charge in [0.1, 0.15) is 0 Å². The Labute approximate surface area is 94.5 Å².